The predicted octanol–water partition coefficient (Wildman–Crippen LogP) is 3.21. The van der Waals surface area contributed by atoms with Gasteiger partial charge in [0.25, 0.3) is 0 Å². The van der Waals surface area contributed by atoms with Crippen molar-refractivity contribution >= 4 is 27.3 Å². The first-order valence-corrected chi connectivity index (χ1v) is 7.36. The molecule has 2 rings (SSSR count). The Kier molecular flexibility index (Phi) is 4.42. The van der Waals surface area contributed by atoms with Gasteiger partial charge in [-0.1, -0.05) is 6.92 Å². The minimum Gasteiger partial charge on any atom is -0.496 e. The van der Waals surface area contributed by atoms with Gasteiger partial charge in [0.05, 0.1) is 23.5 Å². The SMILES string of the molecule is CCCn1ncc(Br)c1C(O)c1cc(OC)cs1. The van der Waals surface area contributed by atoms with Gasteiger partial charge in [-0.2, -0.15) is 5.10 Å². The van der Waals surface area contributed by atoms with E-state index in [4.69, 9.17) is 4.74 Å². The van der Waals surface area contributed by atoms with Gasteiger partial charge in [-0.05, 0) is 28.4 Å². The van der Waals surface area contributed by atoms with Crippen LogP contribution in [0.15, 0.2) is 22.1 Å². The Morgan fingerprint density at radius 1 is 1.61 bits per heavy atom. The molecular weight excluding hydrogens is 316 g/mol. The van der Waals surface area contributed by atoms with Crippen molar-refractivity contribution in [3.8, 4) is 5.75 Å². The summed E-state index contributed by atoms with van der Waals surface area (Å²) in [5, 5.41) is 16.6. The van der Waals surface area contributed by atoms with Gasteiger partial charge in [0, 0.05) is 16.8 Å². The number of aliphatic hydroxyl groups excluding tert-OH is 1. The van der Waals surface area contributed by atoms with Gasteiger partial charge in [-0.3, -0.25) is 4.68 Å². The van der Waals surface area contributed by atoms with Crippen molar-refractivity contribution in [2.75, 3.05) is 7.11 Å². The molecule has 1 N–H and O–H groups in total. The number of thiophene rings is 1. The molecule has 2 heterocycles. The molecule has 2 aromatic heterocycles. The van der Waals surface area contributed by atoms with Crippen LogP contribution in [0.1, 0.15) is 30.0 Å². The number of hydrogen-bond donors (Lipinski definition) is 1. The van der Waals surface area contributed by atoms with Gasteiger partial charge in [-0.15, -0.1) is 11.3 Å². The molecule has 0 radical (unpaired) electrons. The molecule has 0 bridgehead atoms. The second-order valence-corrected chi connectivity index (χ2v) is 5.69. The number of ether oxygens (including phenoxy) is 1. The molecule has 0 amide bonds. The Morgan fingerprint density at radius 2 is 2.39 bits per heavy atom. The summed E-state index contributed by atoms with van der Waals surface area (Å²) in [6.07, 6.45) is 2.02. The molecule has 2 aromatic rings. The lowest BCUT2D eigenvalue weighted by Gasteiger charge is -2.12. The van der Waals surface area contributed by atoms with Crippen molar-refractivity contribution in [1.29, 1.82) is 0 Å². The molecule has 0 spiro atoms. The summed E-state index contributed by atoms with van der Waals surface area (Å²) in [6.45, 7) is 2.88. The number of methoxy groups -OCH3 is 1. The molecule has 0 saturated carbocycles. The molecule has 0 saturated heterocycles. The van der Waals surface area contributed by atoms with Crippen LogP contribution >= 0.6 is 27.3 Å². The molecular formula is C12H15BrN2O2S. The van der Waals surface area contributed by atoms with Gasteiger partial charge in [0.15, 0.2) is 0 Å². The molecule has 0 fully saturated rings. The lowest BCUT2D eigenvalue weighted by Crippen LogP contribution is -2.09. The molecule has 0 aliphatic rings. The number of aromatic nitrogens is 2. The lowest BCUT2D eigenvalue weighted by molar-refractivity contribution is 0.210. The largest absolute Gasteiger partial charge is 0.496 e. The minimum atomic E-state index is -0.678. The maximum absolute atomic E-state index is 10.4. The van der Waals surface area contributed by atoms with Crippen molar-refractivity contribution < 1.29 is 9.84 Å². The Hall–Kier alpha value is -0.850. The maximum atomic E-state index is 10.4. The number of aliphatic hydroxyl groups is 1. The van der Waals surface area contributed by atoms with E-state index in [1.807, 2.05) is 16.1 Å². The highest BCUT2D eigenvalue weighted by atomic mass is 79.9. The van der Waals surface area contributed by atoms with E-state index in [2.05, 4.69) is 28.0 Å². The van der Waals surface area contributed by atoms with Gasteiger partial charge in [0.2, 0.25) is 0 Å². The van der Waals surface area contributed by atoms with Crippen LogP contribution in [-0.2, 0) is 6.54 Å². The average molecular weight is 331 g/mol. The summed E-state index contributed by atoms with van der Waals surface area (Å²) >= 11 is 4.92. The summed E-state index contributed by atoms with van der Waals surface area (Å²) in [5.41, 5.74) is 0.793. The Morgan fingerprint density at radius 3 is 3.00 bits per heavy atom. The number of aryl methyl sites for hydroxylation is 1. The minimum absolute atomic E-state index is 0.678. The van der Waals surface area contributed by atoms with E-state index in [9.17, 15) is 5.11 Å². The first-order chi connectivity index (χ1) is 8.67. The van der Waals surface area contributed by atoms with Crippen molar-refractivity contribution in [1.82, 2.24) is 9.78 Å². The molecule has 1 atom stereocenters. The lowest BCUT2D eigenvalue weighted by atomic mass is 10.2. The summed E-state index contributed by atoms with van der Waals surface area (Å²) in [6, 6.07) is 1.85. The van der Waals surface area contributed by atoms with Crippen molar-refractivity contribution in [2.45, 2.75) is 26.0 Å². The smallest absolute Gasteiger partial charge is 0.131 e. The average Bonchev–Trinajstić information content (AvgIpc) is 2.96. The summed E-state index contributed by atoms with van der Waals surface area (Å²) < 4.78 is 7.80. The summed E-state index contributed by atoms with van der Waals surface area (Å²) in [5.74, 6) is 0.770. The van der Waals surface area contributed by atoms with Crippen molar-refractivity contribution in [3.05, 3.63) is 32.7 Å². The van der Waals surface area contributed by atoms with Crippen molar-refractivity contribution in [2.24, 2.45) is 0 Å². The zero-order valence-corrected chi connectivity index (χ0v) is 12.7. The highest BCUT2D eigenvalue weighted by Gasteiger charge is 2.21. The molecule has 6 heteroatoms. The van der Waals surface area contributed by atoms with Crippen LogP contribution in [0.5, 0.6) is 5.75 Å². The third kappa shape index (κ3) is 2.60. The molecule has 0 aliphatic carbocycles. The van der Waals surface area contributed by atoms with Crippen LogP contribution in [0.3, 0.4) is 0 Å². The second-order valence-electron chi connectivity index (χ2n) is 3.89. The van der Waals surface area contributed by atoms with Crippen molar-refractivity contribution in [3.63, 3.8) is 0 Å². The third-order valence-corrected chi connectivity index (χ3v) is 4.20. The highest BCUT2D eigenvalue weighted by molar-refractivity contribution is 9.10. The fraction of sp³-hybridized carbons (Fsp3) is 0.417. The Labute approximate surface area is 118 Å². The quantitative estimate of drug-likeness (QED) is 0.915. The molecule has 1 unspecified atom stereocenters. The van der Waals surface area contributed by atoms with E-state index in [-0.39, 0.29) is 0 Å². The fourth-order valence-electron chi connectivity index (χ4n) is 1.75. The first kappa shape index (κ1) is 13.6. The van der Waals surface area contributed by atoms with Crippen LogP contribution in [0.2, 0.25) is 0 Å². The first-order valence-electron chi connectivity index (χ1n) is 5.69. The standard InChI is InChI=1S/C12H15BrN2O2S/c1-3-4-15-11(9(13)6-14-15)12(16)10-5-8(17-2)7-18-10/h5-7,12,16H,3-4H2,1-2H3. The summed E-state index contributed by atoms with van der Waals surface area (Å²) in [4.78, 5) is 0.852. The second kappa shape index (κ2) is 5.86. The van der Waals surface area contributed by atoms with E-state index in [0.717, 1.165) is 33.8 Å². The van der Waals surface area contributed by atoms with Crippen LogP contribution in [-0.4, -0.2) is 22.0 Å². The topological polar surface area (TPSA) is 47.3 Å². The zero-order chi connectivity index (χ0) is 13.1. The van der Waals surface area contributed by atoms with E-state index in [0.29, 0.717) is 0 Å². The maximum Gasteiger partial charge on any atom is 0.131 e. The third-order valence-electron chi connectivity index (χ3n) is 2.63. The van der Waals surface area contributed by atoms with Crippen LogP contribution in [0.4, 0.5) is 0 Å². The molecule has 98 valence electrons. The van der Waals surface area contributed by atoms with Gasteiger partial charge >= 0.3 is 0 Å². The Bertz CT molecular complexity index is 524. The molecule has 0 aromatic carbocycles. The Balaban J connectivity index is 2.32. The van der Waals surface area contributed by atoms with Crippen LogP contribution < -0.4 is 4.74 Å². The van der Waals surface area contributed by atoms with Gasteiger partial charge in [0.1, 0.15) is 11.9 Å². The van der Waals surface area contributed by atoms with Gasteiger partial charge in [-0.25, -0.2) is 0 Å². The zero-order valence-electron chi connectivity index (χ0n) is 10.3. The molecule has 18 heavy (non-hydrogen) atoms. The van der Waals surface area contributed by atoms with E-state index >= 15 is 0 Å². The fourth-order valence-corrected chi connectivity index (χ4v) is 3.11. The van der Waals surface area contributed by atoms with Gasteiger partial charge < -0.3 is 9.84 Å². The number of hydrogen-bond acceptors (Lipinski definition) is 4. The van der Waals surface area contributed by atoms with Crippen LogP contribution in [0.25, 0.3) is 0 Å². The monoisotopic (exact) mass is 330 g/mol. The highest BCUT2D eigenvalue weighted by Crippen LogP contribution is 2.34. The number of rotatable bonds is 5. The van der Waals surface area contributed by atoms with Crippen LogP contribution in [0, 0.1) is 0 Å². The number of nitrogens with zero attached hydrogens (tertiary/aromatic N) is 2. The number of halogens is 1. The van der Waals surface area contributed by atoms with E-state index in [1.54, 1.807) is 13.3 Å². The molecule has 4 nitrogen and oxygen atoms in total. The normalized spacial score (nSPS) is 12.7. The van der Waals surface area contributed by atoms with E-state index in [1.165, 1.54) is 11.3 Å². The van der Waals surface area contributed by atoms with E-state index < -0.39 is 6.10 Å². The predicted molar refractivity (Wildman–Crippen MR) is 75.2 cm³/mol. The summed E-state index contributed by atoms with van der Waals surface area (Å²) in [7, 11) is 1.62. The molecule has 0 aliphatic heterocycles.